The third-order valence-corrected chi connectivity index (χ3v) is 4.61. The van der Waals surface area contributed by atoms with Crippen molar-refractivity contribution in [3.8, 4) is 0 Å². The van der Waals surface area contributed by atoms with E-state index in [1.807, 2.05) is 6.07 Å². The Morgan fingerprint density at radius 2 is 2.32 bits per heavy atom. The first-order chi connectivity index (χ1) is 8.99. The quantitative estimate of drug-likeness (QED) is 0.891. The highest BCUT2D eigenvalue weighted by molar-refractivity contribution is 5.74. The fourth-order valence-corrected chi connectivity index (χ4v) is 3.37. The van der Waals surface area contributed by atoms with E-state index in [4.69, 9.17) is 0 Å². The maximum atomic E-state index is 13.4. The Morgan fingerprint density at radius 1 is 1.53 bits per heavy atom. The van der Waals surface area contributed by atoms with E-state index in [0.29, 0.717) is 13.0 Å². The second-order valence-electron chi connectivity index (χ2n) is 5.98. The van der Waals surface area contributed by atoms with Crippen molar-refractivity contribution in [2.75, 3.05) is 13.1 Å². The Bertz CT molecular complexity index is 531. The first-order valence-corrected chi connectivity index (χ1v) is 6.75. The zero-order valence-corrected chi connectivity index (χ0v) is 11.0. The first kappa shape index (κ1) is 12.6. The molecule has 0 radical (unpaired) electrons. The highest BCUT2D eigenvalue weighted by Crippen LogP contribution is 2.41. The summed E-state index contributed by atoms with van der Waals surface area (Å²) in [5.74, 6) is -0.932. The summed E-state index contributed by atoms with van der Waals surface area (Å²) in [6.07, 6.45) is 2.60. The Hall–Kier alpha value is -1.42. The van der Waals surface area contributed by atoms with E-state index in [0.717, 1.165) is 24.9 Å². The van der Waals surface area contributed by atoms with E-state index in [9.17, 15) is 14.3 Å². The molecule has 3 nitrogen and oxygen atoms in total. The second-order valence-corrected chi connectivity index (χ2v) is 5.98. The molecule has 0 amide bonds. The molecule has 1 aliphatic carbocycles. The number of hydrogen-bond acceptors (Lipinski definition) is 2. The van der Waals surface area contributed by atoms with Gasteiger partial charge in [0, 0.05) is 12.6 Å². The van der Waals surface area contributed by atoms with Crippen LogP contribution in [0.25, 0.3) is 0 Å². The van der Waals surface area contributed by atoms with Gasteiger partial charge in [-0.25, -0.2) is 4.39 Å². The molecule has 0 saturated carbocycles. The van der Waals surface area contributed by atoms with E-state index in [1.165, 1.54) is 11.6 Å². The molecule has 19 heavy (non-hydrogen) atoms. The van der Waals surface area contributed by atoms with E-state index in [1.54, 1.807) is 13.0 Å². The van der Waals surface area contributed by atoms with Gasteiger partial charge in [-0.15, -0.1) is 0 Å². The molecule has 1 heterocycles. The van der Waals surface area contributed by atoms with Gasteiger partial charge in [0.1, 0.15) is 5.82 Å². The zero-order chi connectivity index (χ0) is 13.6. The first-order valence-electron chi connectivity index (χ1n) is 6.75. The topological polar surface area (TPSA) is 40.5 Å². The lowest BCUT2D eigenvalue weighted by molar-refractivity contribution is -0.147. The van der Waals surface area contributed by atoms with Gasteiger partial charge in [-0.3, -0.25) is 9.69 Å². The summed E-state index contributed by atoms with van der Waals surface area (Å²) in [5, 5.41) is 9.29. The van der Waals surface area contributed by atoms with Gasteiger partial charge < -0.3 is 5.11 Å². The molecule has 0 bridgehead atoms. The van der Waals surface area contributed by atoms with Crippen LogP contribution in [0.5, 0.6) is 0 Å². The predicted octanol–water partition coefficient (Wildman–Crippen LogP) is 2.61. The standard InChI is InChI=1S/C15H18FNO2/c1-15(14(18)19)6-7-17(9-15)13-5-3-10-2-4-11(16)8-12(10)13/h2,4,8,13H,3,5-7,9H2,1H3,(H,18,19). The number of hydrogen-bond donors (Lipinski definition) is 1. The number of carboxylic acid groups (broad SMARTS) is 1. The smallest absolute Gasteiger partial charge is 0.310 e. The summed E-state index contributed by atoms with van der Waals surface area (Å²) in [7, 11) is 0. The molecular formula is C15H18FNO2. The van der Waals surface area contributed by atoms with Crippen LogP contribution in [0.15, 0.2) is 18.2 Å². The third kappa shape index (κ3) is 2.04. The Morgan fingerprint density at radius 3 is 3.00 bits per heavy atom. The third-order valence-electron chi connectivity index (χ3n) is 4.61. The average Bonchev–Trinajstić information content (AvgIpc) is 2.93. The molecule has 102 valence electrons. The maximum absolute atomic E-state index is 13.4. The SMILES string of the molecule is CC1(C(=O)O)CCN(C2CCc3ccc(F)cc32)C1. The van der Waals surface area contributed by atoms with Gasteiger partial charge in [-0.2, -0.15) is 0 Å². The van der Waals surface area contributed by atoms with Crippen LogP contribution in [-0.4, -0.2) is 29.1 Å². The van der Waals surface area contributed by atoms with E-state index in [-0.39, 0.29) is 11.9 Å². The highest BCUT2D eigenvalue weighted by Gasteiger charge is 2.43. The van der Waals surface area contributed by atoms with Crippen molar-refractivity contribution in [3.05, 3.63) is 35.1 Å². The normalized spacial score (nSPS) is 30.5. The zero-order valence-electron chi connectivity index (χ0n) is 11.0. The van der Waals surface area contributed by atoms with Crippen molar-refractivity contribution >= 4 is 5.97 Å². The van der Waals surface area contributed by atoms with Crippen molar-refractivity contribution in [2.24, 2.45) is 5.41 Å². The molecule has 1 aromatic rings. The lowest BCUT2D eigenvalue weighted by atomic mass is 9.90. The fourth-order valence-electron chi connectivity index (χ4n) is 3.37. The van der Waals surface area contributed by atoms with Gasteiger partial charge in [-0.05, 0) is 56.0 Å². The molecule has 1 N–H and O–H groups in total. The summed E-state index contributed by atoms with van der Waals surface area (Å²) in [6, 6.07) is 5.17. The number of nitrogens with zero attached hydrogens (tertiary/aromatic N) is 1. The van der Waals surface area contributed by atoms with Crippen LogP contribution in [0.2, 0.25) is 0 Å². The summed E-state index contributed by atoms with van der Waals surface area (Å²) >= 11 is 0. The van der Waals surface area contributed by atoms with Gasteiger partial charge >= 0.3 is 5.97 Å². The van der Waals surface area contributed by atoms with Crippen LogP contribution in [0.1, 0.15) is 36.9 Å². The number of aliphatic carboxylic acids is 1. The van der Waals surface area contributed by atoms with Crippen LogP contribution in [0, 0.1) is 11.2 Å². The molecule has 2 unspecified atom stereocenters. The van der Waals surface area contributed by atoms with Crippen LogP contribution >= 0.6 is 0 Å². The molecular weight excluding hydrogens is 245 g/mol. The Balaban J connectivity index is 1.84. The van der Waals surface area contributed by atoms with Crippen molar-refractivity contribution in [1.29, 1.82) is 0 Å². The van der Waals surface area contributed by atoms with Gasteiger partial charge in [0.2, 0.25) is 0 Å². The van der Waals surface area contributed by atoms with Crippen molar-refractivity contribution in [3.63, 3.8) is 0 Å². The Kier molecular flexibility index (Phi) is 2.86. The summed E-state index contributed by atoms with van der Waals surface area (Å²) < 4.78 is 13.4. The van der Waals surface area contributed by atoms with Crippen molar-refractivity contribution in [1.82, 2.24) is 4.90 Å². The molecule has 2 atom stereocenters. The molecule has 3 rings (SSSR count). The van der Waals surface area contributed by atoms with Crippen LogP contribution in [0.4, 0.5) is 4.39 Å². The lowest BCUT2D eigenvalue weighted by Gasteiger charge is -2.26. The molecule has 1 aromatic carbocycles. The summed E-state index contributed by atoms with van der Waals surface area (Å²) in [4.78, 5) is 13.5. The molecule has 1 saturated heterocycles. The molecule has 4 heteroatoms. The van der Waals surface area contributed by atoms with Crippen LogP contribution in [-0.2, 0) is 11.2 Å². The van der Waals surface area contributed by atoms with Gasteiger partial charge in [0.15, 0.2) is 0 Å². The van der Waals surface area contributed by atoms with Gasteiger partial charge in [0.05, 0.1) is 5.41 Å². The summed E-state index contributed by atoms with van der Waals surface area (Å²) in [5.41, 5.74) is 1.60. The minimum Gasteiger partial charge on any atom is -0.481 e. The average molecular weight is 263 g/mol. The molecule has 0 aromatic heterocycles. The number of carboxylic acids is 1. The predicted molar refractivity (Wildman–Crippen MR) is 69.4 cm³/mol. The molecule has 1 aliphatic heterocycles. The molecule has 2 aliphatic rings. The highest BCUT2D eigenvalue weighted by atomic mass is 19.1. The number of aryl methyl sites for hydroxylation is 1. The number of carbonyl (C=O) groups is 1. The van der Waals surface area contributed by atoms with Crippen molar-refractivity contribution < 1.29 is 14.3 Å². The van der Waals surface area contributed by atoms with Gasteiger partial charge in [-0.1, -0.05) is 6.07 Å². The van der Waals surface area contributed by atoms with E-state index in [2.05, 4.69) is 4.90 Å². The van der Waals surface area contributed by atoms with Gasteiger partial charge in [0.25, 0.3) is 0 Å². The minimum atomic E-state index is -0.729. The minimum absolute atomic E-state index is 0.187. The number of rotatable bonds is 2. The largest absolute Gasteiger partial charge is 0.481 e. The molecule has 0 spiro atoms. The molecule has 1 fully saturated rings. The number of fused-ring (bicyclic) bond motifs is 1. The second kappa shape index (κ2) is 4.30. The number of likely N-dealkylation sites (tertiary alicyclic amines) is 1. The summed E-state index contributed by atoms with van der Waals surface area (Å²) in [6.45, 7) is 3.14. The fraction of sp³-hybridized carbons (Fsp3) is 0.533. The van der Waals surface area contributed by atoms with E-state index >= 15 is 0 Å². The van der Waals surface area contributed by atoms with Crippen LogP contribution < -0.4 is 0 Å². The van der Waals surface area contributed by atoms with E-state index < -0.39 is 11.4 Å². The van der Waals surface area contributed by atoms with Crippen molar-refractivity contribution in [2.45, 2.75) is 32.2 Å². The number of halogens is 1. The lowest BCUT2D eigenvalue weighted by Crippen LogP contribution is -2.33. The Labute approximate surface area is 112 Å². The monoisotopic (exact) mass is 263 g/mol. The maximum Gasteiger partial charge on any atom is 0.310 e. The number of benzene rings is 1. The van der Waals surface area contributed by atoms with Crippen LogP contribution in [0.3, 0.4) is 0 Å².